The topological polar surface area (TPSA) is 60.2 Å². The van der Waals surface area contributed by atoms with Crippen molar-refractivity contribution in [3.8, 4) is 0 Å². The molecule has 2 saturated heterocycles. The molecule has 3 heterocycles. The maximum Gasteiger partial charge on any atom is 0.293 e. The predicted molar refractivity (Wildman–Crippen MR) is 59.3 cm³/mol. The van der Waals surface area contributed by atoms with E-state index in [1.165, 1.54) is 0 Å². The van der Waals surface area contributed by atoms with Gasteiger partial charge in [0.25, 0.3) is 5.91 Å². The maximum absolute atomic E-state index is 12.1. The van der Waals surface area contributed by atoms with Crippen LogP contribution in [0.25, 0.3) is 0 Å². The molecule has 1 aromatic heterocycles. The van der Waals surface area contributed by atoms with Crippen LogP contribution in [-0.4, -0.2) is 50.9 Å². The predicted octanol–water partition coefficient (Wildman–Crippen LogP) is 0.0645. The van der Waals surface area contributed by atoms with Crippen LogP contribution >= 0.6 is 0 Å². The van der Waals surface area contributed by atoms with Crippen LogP contribution in [0.1, 0.15) is 24.0 Å². The molecule has 0 spiro atoms. The number of carbonyl (C=O) groups is 1. The van der Waals surface area contributed by atoms with Crippen LogP contribution in [0, 0.1) is 5.92 Å². The average Bonchev–Trinajstić information content (AvgIpc) is 2.90. The van der Waals surface area contributed by atoms with Crippen molar-refractivity contribution in [2.45, 2.75) is 25.6 Å². The Morgan fingerprint density at radius 3 is 3.00 bits per heavy atom. The number of aryl methyl sites for hydroxylation is 1. The van der Waals surface area contributed by atoms with Gasteiger partial charge in [0, 0.05) is 26.1 Å². The Morgan fingerprint density at radius 2 is 2.35 bits per heavy atom. The van der Waals surface area contributed by atoms with Crippen molar-refractivity contribution >= 4 is 5.91 Å². The number of nitrogens with zero attached hydrogens (tertiary/aromatic N) is 4. The summed E-state index contributed by atoms with van der Waals surface area (Å²) in [6.45, 7) is 3.53. The minimum atomic E-state index is -0.0868. The van der Waals surface area contributed by atoms with Crippen LogP contribution in [0.4, 0.5) is 0 Å². The molecular weight excluding hydrogens is 220 g/mol. The van der Waals surface area contributed by atoms with Gasteiger partial charge in [0.15, 0.2) is 0 Å². The molecule has 2 aliphatic heterocycles. The monoisotopic (exact) mass is 236 g/mol. The molecule has 0 saturated carbocycles. The summed E-state index contributed by atoms with van der Waals surface area (Å²) >= 11 is 0. The zero-order valence-corrected chi connectivity index (χ0v) is 10.0. The summed E-state index contributed by atoms with van der Waals surface area (Å²) in [5.41, 5.74) is 0. The lowest BCUT2D eigenvalue weighted by Gasteiger charge is -2.16. The first-order valence-corrected chi connectivity index (χ1v) is 5.94. The molecule has 0 radical (unpaired) electrons. The number of hydrogen-bond donors (Lipinski definition) is 0. The minimum Gasteiger partial charge on any atom is -0.373 e. The molecule has 3 atom stereocenters. The van der Waals surface area contributed by atoms with Gasteiger partial charge in [0.05, 0.1) is 12.2 Å². The number of rotatable bonds is 1. The fraction of sp³-hybridized carbons (Fsp3) is 0.727. The summed E-state index contributed by atoms with van der Waals surface area (Å²) in [7, 11) is 1.76. The van der Waals surface area contributed by atoms with Crippen LogP contribution in [0.3, 0.4) is 0 Å². The van der Waals surface area contributed by atoms with Crippen molar-refractivity contribution < 1.29 is 9.53 Å². The fourth-order valence-corrected chi connectivity index (χ4v) is 2.75. The second kappa shape index (κ2) is 3.80. The smallest absolute Gasteiger partial charge is 0.293 e. The van der Waals surface area contributed by atoms with Crippen molar-refractivity contribution in [1.82, 2.24) is 19.7 Å². The molecule has 1 aromatic rings. The van der Waals surface area contributed by atoms with Crippen LogP contribution in [0.5, 0.6) is 0 Å². The molecule has 6 heteroatoms. The first-order valence-electron chi connectivity index (χ1n) is 5.94. The lowest BCUT2D eigenvalue weighted by atomic mass is 10.0. The standard InChI is InChI=1S/C11H16N4O2/c1-7-3-8-4-15(5-9(8)17-7)11(16)10-12-6-14(2)13-10/h6-9H,3-5H2,1-2H3/t7-,8+,9-/m0/s1. The number of amides is 1. The van der Waals surface area contributed by atoms with Gasteiger partial charge in [-0.15, -0.1) is 5.10 Å². The van der Waals surface area contributed by atoms with Gasteiger partial charge >= 0.3 is 0 Å². The first kappa shape index (κ1) is 10.7. The normalized spacial score (nSPS) is 31.9. The van der Waals surface area contributed by atoms with Gasteiger partial charge in [-0.2, -0.15) is 0 Å². The third kappa shape index (κ3) is 1.82. The molecule has 92 valence electrons. The molecular formula is C11H16N4O2. The van der Waals surface area contributed by atoms with Gasteiger partial charge in [-0.1, -0.05) is 0 Å². The highest BCUT2D eigenvalue weighted by atomic mass is 16.5. The van der Waals surface area contributed by atoms with E-state index in [0.29, 0.717) is 18.6 Å². The molecule has 1 amide bonds. The van der Waals surface area contributed by atoms with Crippen molar-refractivity contribution in [3.63, 3.8) is 0 Å². The Hall–Kier alpha value is -1.43. The highest BCUT2D eigenvalue weighted by Crippen LogP contribution is 2.32. The van der Waals surface area contributed by atoms with E-state index >= 15 is 0 Å². The van der Waals surface area contributed by atoms with E-state index in [1.54, 1.807) is 23.0 Å². The Balaban J connectivity index is 1.70. The Bertz CT molecular complexity index is 430. The highest BCUT2D eigenvalue weighted by molar-refractivity contribution is 5.90. The summed E-state index contributed by atoms with van der Waals surface area (Å²) in [5.74, 6) is 0.675. The van der Waals surface area contributed by atoms with E-state index in [1.807, 2.05) is 0 Å². The van der Waals surface area contributed by atoms with Gasteiger partial charge in [0.2, 0.25) is 5.82 Å². The zero-order chi connectivity index (χ0) is 12.0. The Kier molecular flexibility index (Phi) is 2.39. The molecule has 0 N–H and O–H groups in total. The summed E-state index contributed by atoms with van der Waals surface area (Å²) in [4.78, 5) is 17.9. The van der Waals surface area contributed by atoms with E-state index in [9.17, 15) is 4.79 Å². The third-order valence-electron chi connectivity index (χ3n) is 3.50. The summed E-state index contributed by atoms with van der Waals surface area (Å²) < 4.78 is 7.31. The minimum absolute atomic E-state index is 0.0868. The summed E-state index contributed by atoms with van der Waals surface area (Å²) in [6.07, 6.45) is 3.13. The first-order chi connectivity index (χ1) is 8.13. The van der Waals surface area contributed by atoms with Crippen LogP contribution < -0.4 is 0 Å². The fourth-order valence-electron chi connectivity index (χ4n) is 2.75. The molecule has 0 aliphatic carbocycles. The lowest BCUT2D eigenvalue weighted by Crippen LogP contribution is -2.32. The zero-order valence-electron chi connectivity index (χ0n) is 10.0. The highest BCUT2D eigenvalue weighted by Gasteiger charge is 2.42. The van der Waals surface area contributed by atoms with Crippen LogP contribution in [0.2, 0.25) is 0 Å². The summed E-state index contributed by atoms with van der Waals surface area (Å²) in [6, 6.07) is 0. The number of hydrogen-bond acceptors (Lipinski definition) is 4. The van der Waals surface area contributed by atoms with Crippen LogP contribution in [0.15, 0.2) is 6.33 Å². The Labute approximate surface area is 99.6 Å². The van der Waals surface area contributed by atoms with Gasteiger partial charge < -0.3 is 9.64 Å². The van der Waals surface area contributed by atoms with Crippen molar-refractivity contribution in [2.24, 2.45) is 13.0 Å². The van der Waals surface area contributed by atoms with Crippen molar-refractivity contribution in [3.05, 3.63) is 12.2 Å². The van der Waals surface area contributed by atoms with Crippen molar-refractivity contribution in [1.29, 1.82) is 0 Å². The third-order valence-corrected chi connectivity index (χ3v) is 3.50. The SMILES string of the molecule is C[C@H]1C[C@@H]2CN(C(=O)c3ncn(C)n3)C[C@@H]2O1. The maximum atomic E-state index is 12.1. The van der Waals surface area contributed by atoms with Crippen LogP contribution in [-0.2, 0) is 11.8 Å². The molecule has 0 aromatic carbocycles. The van der Waals surface area contributed by atoms with E-state index in [0.717, 1.165) is 13.0 Å². The van der Waals surface area contributed by atoms with Gasteiger partial charge in [0.1, 0.15) is 6.33 Å². The lowest BCUT2D eigenvalue weighted by molar-refractivity contribution is 0.0439. The molecule has 2 fully saturated rings. The number of aromatic nitrogens is 3. The number of likely N-dealkylation sites (tertiary alicyclic amines) is 1. The second-order valence-corrected chi connectivity index (χ2v) is 4.93. The van der Waals surface area contributed by atoms with E-state index in [2.05, 4.69) is 17.0 Å². The molecule has 0 bridgehead atoms. The molecule has 0 unspecified atom stereocenters. The van der Waals surface area contributed by atoms with Gasteiger partial charge in [-0.25, -0.2) is 4.98 Å². The molecule has 6 nitrogen and oxygen atoms in total. The van der Waals surface area contributed by atoms with Gasteiger partial charge in [-0.3, -0.25) is 9.48 Å². The van der Waals surface area contributed by atoms with Crippen molar-refractivity contribution in [2.75, 3.05) is 13.1 Å². The number of fused-ring (bicyclic) bond motifs is 1. The largest absolute Gasteiger partial charge is 0.373 e. The van der Waals surface area contributed by atoms with Gasteiger partial charge in [-0.05, 0) is 13.3 Å². The molecule has 17 heavy (non-hydrogen) atoms. The average molecular weight is 236 g/mol. The van der Waals surface area contributed by atoms with E-state index in [-0.39, 0.29) is 17.8 Å². The van der Waals surface area contributed by atoms with E-state index < -0.39 is 0 Å². The summed E-state index contributed by atoms with van der Waals surface area (Å²) in [5, 5.41) is 4.04. The molecule has 2 aliphatic rings. The quantitative estimate of drug-likeness (QED) is 0.692. The Morgan fingerprint density at radius 1 is 1.53 bits per heavy atom. The number of ether oxygens (including phenoxy) is 1. The number of carbonyl (C=O) groups excluding carboxylic acids is 1. The molecule has 3 rings (SSSR count). The second-order valence-electron chi connectivity index (χ2n) is 4.93. The van der Waals surface area contributed by atoms with E-state index in [4.69, 9.17) is 4.74 Å².